The van der Waals surface area contributed by atoms with E-state index in [0.29, 0.717) is 22.8 Å². The van der Waals surface area contributed by atoms with Gasteiger partial charge in [0, 0.05) is 39.4 Å². The van der Waals surface area contributed by atoms with Crippen LogP contribution >= 0.6 is 0 Å². The van der Waals surface area contributed by atoms with E-state index in [1.54, 1.807) is 35.2 Å². The van der Waals surface area contributed by atoms with E-state index < -0.39 is 0 Å². The molecule has 1 unspecified atom stereocenters. The maximum Gasteiger partial charge on any atom is 0.260 e. The third kappa shape index (κ3) is 3.06. The summed E-state index contributed by atoms with van der Waals surface area (Å²) in [4.78, 5) is 38.8. The van der Waals surface area contributed by atoms with Crippen molar-refractivity contribution in [3.05, 3.63) is 48.2 Å². The summed E-state index contributed by atoms with van der Waals surface area (Å²) in [7, 11) is 3.81. The van der Waals surface area contributed by atoms with E-state index in [0.717, 1.165) is 26.2 Å². The fourth-order valence-electron chi connectivity index (χ4n) is 3.85. The normalized spacial score (nSPS) is 19.0. The molecule has 0 spiro atoms. The van der Waals surface area contributed by atoms with Gasteiger partial charge in [-0.3, -0.25) is 19.4 Å². The van der Waals surface area contributed by atoms with Crippen LogP contribution in [0.25, 0.3) is 0 Å². The van der Waals surface area contributed by atoms with Crippen molar-refractivity contribution in [2.45, 2.75) is 13.0 Å². The first-order valence-corrected chi connectivity index (χ1v) is 9.57. The van der Waals surface area contributed by atoms with Gasteiger partial charge < -0.3 is 9.80 Å². The minimum Gasteiger partial charge on any atom is -0.308 e. The molecule has 4 rings (SSSR count). The predicted octanol–water partition coefficient (Wildman–Crippen LogP) is 1.97. The van der Waals surface area contributed by atoms with Crippen LogP contribution < -0.4 is 9.80 Å². The monoisotopic (exact) mass is 379 g/mol. The highest BCUT2D eigenvalue weighted by molar-refractivity contribution is 6.18. The zero-order valence-electron chi connectivity index (χ0n) is 16.5. The van der Waals surface area contributed by atoms with Crippen molar-refractivity contribution in [3.8, 4) is 0 Å². The number of piperazine rings is 1. The Hall–Kier alpha value is -2.77. The molecule has 2 aliphatic rings. The number of para-hydroxylation sites is 1. The summed E-state index contributed by atoms with van der Waals surface area (Å²) >= 11 is 0. The maximum absolute atomic E-state index is 13.7. The molecule has 1 aromatic heterocycles. The number of rotatable bonds is 2. The number of pyridine rings is 1. The lowest BCUT2D eigenvalue weighted by Gasteiger charge is -2.37. The molecule has 2 aromatic rings. The molecule has 28 heavy (non-hydrogen) atoms. The lowest BCUT2D eigenvalue weighted by Crippen LogP contribution is -2.53. The second-order valence-electron chi connectivity index (χ2n) is 7.42. The molecule has 2 aliphatic heterocycles. The van der Waals surface area contributed by atoms with Gasteiger partial charge in [0.05, 0.1) is 23.0 Å². The number of hydrogen-bond acceptors (Lipinski definition) is 5. The second-order valence-corrected chi connectivity index (χ2v) is 7.42. The average molecular weight is 379 g/mol. The Bertz CT molecular complexity index is 907. The van der Waals surface area contributed by atoms with Crippen LogP contribution in [0.3, 0.4) is 0 Å². The minimum absolute atomic E-state index is 0.0694. The van der Waals surface area contributed by atoms with Gasteiger partial charge >= 0.3 is 0 Å². The molecule has 1 atom stereocenters. The van der Waals surface area contributed by atoms with Crippen LogP contribution in [0.15, 0.2) is 42.6 Å². The van der Waals surface area contributed by atoms with Crippen LogP contribution in [-0.4, -0.2) is 72.9 Å². The standard InChI is InChI=1S/C21H25N5O2/c1-15(25-13-11-23(2)12-14-25)20(27)26-17-8-5-4-7-16(17)21(28)24(3)18-9-6-10-22-19(18)26/h4-10,15H,11-14H2,1-3H3. The molecule has 146 valence electrons. The fraction of sp³-hybridized carbons (Fsp3) is 0.381. The molecule has 0 radical (unpaired) electrons. The van der Waals surface area contributed by atoms with Crippen LogP contribution in [0.5, 0.6) is 0 Å². The van der Waals surface area contributed by atoms with Crippen LogP contribution in [0.2, 0.25) is 0 Å². The van der Waals surface area contributed by atoms with E-state index in [2.05, 4.69) is 21.8 Å². The Labute approximate surface area is 165 Å². The van der Waals surface area contributed by atoms with Crippen molar-refractivity contribution >= 4 is 29.0 Å². The molecular weight excluding hydrogens is 354 g/mol. The molecular formula is C21H25N5O2. The van der Waals surface area contributed by atoms with Crippen molar-refractivity contribution in [1.82, 2.24) is 14.8 Å². The van der Waals surface area contributed by atoms with Crippen molar-refractivity contribution in [2.75, 3.05) is 50.1 Å². The molecule has 2 amide bonds. The van der Waals surface area contributed by atoms with Crippen molar-refractivity contribution in [1.29, 1.82) is 0 Å². The molecule has 0 N–H and O–H groups in total. The summed E-state index contributed by atoms with van der Waals surface area (Å²) in [6.07, 6.45) is 1.66. The van der Waals surface area contributed by atoms with E-state index in [4.69, 9.17) is 0 Å². The lowest BCUT2D eigenvalue weighted by atomic mass is 10.1. The van der Waals surface area contributed by atoms with Gasteiger partial charge in [-0.15, -0.1) is 0 Å². The van der Waals surface area contributed by atoms with Gasteiger partial charge in [-0.1, -0.05) is 12.1 Å². The van der Waals surface area contributed by atoms with E-state index >= 15 is 0 Å². The Morgan fingerprint density at radius 1 is 1.00 bits per heavy atom. The fourth-order valence-corrected chi connectivity index (χ4v) is 3.85. The van der Waals surface area contributed by atoms with Crippen LogP contribution in [-0.2, 0) is 4.79 Å². The topological polar surface area (TPSA) is 60.0 Å². The van der Waals surface area contributed by atoms with Gasteiger partial charge in [0.1, 0.15) is 0 Å². The quantitative estimate of drug-likeness (QED) is 0.799. The van der Waals surface area contributed by atoms with Gasteiger partial charge in [0.15, 0.2) is 5.82 Å². The highest BCUT2D eigenvalue weighted by atomic mass is 16.2. The highest BCUT2D eigenvalue weighted by Crippen LogP contribution is 2.39. The zero-order chi connectivity index (χ0) is 19.8. The van der Waals surface area contributed by atoms with Crippen molar-refractivity contribution in [3.63, 3.8) is 0 Å². The zero-order valence-corrected chi connectivity index (χ0v) is 16.5. The number of amides is 2. The van der Waals surface area contributed by atoms with Crippen LogP contribution in [0, 0.1) is 0 Å². The van der Waals surface area contributed by atoms with Gasteiger partial charge in [-0.25, -0.2) is 4.98 Å². The van der Waals surface area contributed by atoms with Gasteiger partial charge in [0.25, 0.3) is 5.91 Å². The average Bonchev–Trinajstić information content (AvgIpc) is 2.82. The summed E-state index contributed by atoms with van der Waals surface area (Å²) < 4.78 is 0. The molecule has 7 nitrogen and oxygen atoms in total. The number of nitrogens with zero attached hydrogens (tertiary/aromatic N) is 5. The molecule has 1 saturated heterocycles. The number of benzene rings is 1. The summed E-state index contributed by atoms with van der Waals surface area (Å²) in [5.41, 5.74) is 1.72. The third-order valence-corrected chi connectivity index (χ3v) is 5.68. The summed E-state index contributed by atoms with van der Waals surface area (Å²) in [5.74, 6) is 0.279. The maximum atomic E-state index is 13.7. The molecule has 0 aliphatic carbocycles. The molecule has 1 aromatic carbocycles. The molecule has 0 saturated carbocycles. The first kappa shape index (κ1) is 18.6. The van der Waals surface area contributed by atoms with Crippen molar-refractivity contribution in [2.24, 2.45) is 0 Å². The second kappa shape index (κ2) is 7.33. The van der Waals surface area contributed by atoms with Crippen molar-refractivity contribution < 1.29 is 9.59 Å². The van der Waals surface area contributed by atoms with Crippen LogP contribution in [0.1, 0.15) is 17.3 Å². The number of likely N-dealkylation sites (N-methyl/N-ethyl adjacent to an activating group) is 1. The van der Waals surface area contributed by atoms with Gasteiger partial charge in [-0.05, 0) is 38.2 Å². The van der Waals surface area contributed by atoms with E-state index in [1.807, 2.05) is 31.2 Å². The first-order valence-electron chi connectivity index (χ1n) is 9.57. The van der Waals surface area contributed by atoms with E-state index in [1.165, 1.54) is 0 Å². The first-order chi connectivity index (χ1) is 13.5. The van der Waals surface area contributed by atoms with E-state index in [9.17, 15) is 9.59 Å². The smallest absolute Gasteiger partial charge is 0.260 e. The Morgan fingerprint density at radius 2 is 1.68 bits per heavy atom. The van der Waals surface area contributed by atoms with Gasteiger partial charge in [0.2, 0.25) is 5.91 Å². The van der Waals surface area contributed by atoms with Gasteiger partial charge in [-0.2, -0.15) is 0 Å². The largest absolute Gasteiger partial charge is 0.308 e. The Balaban J connectivity index is 1.79. The third-order valence-electron chi connectivity index (χ3n) is 5.68. The summed E-state index contributed by atoms with van der Waals surface area (Å²) in [5, 5.41) is 0. The summed E-state index contributed by atoms with van der Waals surface area (Å²) in [6, 6.07) is 10.6. The predicted molar refractivity (Wildman–Crippen MR) is 109 cm³/mol. The summed E-state index contributed by atoms with van der Waals surface area (Å²) in [6.45, 7) is 5.49. The SMILES string of the molecule is CC(C(=O)N1c2ccccc2C(=O)N(C)c2cccnc21)N1CCN(C)CC1. The lowest BCUT2D eigenvalue weighted by molar-refractivity contribution is -0.123. The number of fused-ring (bicyclic) bond motifs is 2. The number of hydrogen-bond donors (Lipinski definition) is 0. The van der Waals surface area contributed by atoms with Crippen LogP contribution in [0.4, 0.5) is 17.2 Å². The minimum atomic E-state index is -0.310. The molecule has 7 heteroatoms. The number of carbonyl (C=O) groups is 2. The Morgan fingerprint density at radius 3 is 2.43 bits per heavy atom. The molecule has 1 fully saturated rings. The molecule has 0 bridgehead atoms. The van der Waals surface area contributed by atoms with E-state index in [-0.39, 0.29) is 17.9 Å². The molecule has 3 heterocycles. The number of anilines is 3. The number of aromatic nitrogens is 1. The Kier molecular flexibility index (Phi) is 4.87. The highest BCUT2D eigenvalue weighted by Gasteiger charge is 2.36. The number of carbonyl (C=O) groups excluding carboxylic acids is 2.